The highest BCUT2D eigenvalue weighted by Crippen LogP contribution is 2.14. The minimum Gasteiger partial charge on any atom is -0.406 e. The number of carbonyl (C=O) groups is 1. The molecular weight excluding hydrogens is 282 g/mol. The Bertz CT molecular complexity index is 888. The van der Waals surface area contributed by atoms with Crippen LogP contribution in [0.5, 0.6) is 0 Å². The summed E-state index contributed by atoms with van der Waals surface area (Å²) in [5.41, 5.74) is 3.55. The van der Waals surface area contributed by atoms with Crippen LogP contribution in [0.15, 0.2) is 45.7 Å². The summed E-state index contributed by atoms with van der Waals surface area (Å²) >= 11 is 0. The van der Waals surface area contributed by atoms with Crippen LogP contribution in [0, 0.1) is 13.8 Å². The second-order valence-electron chi connectivity index (χ2n) is 5.20. The molecule has 112 valence electrons. The molecule has 1 aromatic carbocycles. The van der Waals surface area contributed by atoms with E-state index in [0.29, 0.717) is 16.9 Å². The van der Waals surface area contributed by atoms with Gasteiger partial charge in [-0.2, -0.15) is 0 Å². The first kappa shape index (κ1) is 14.1. The van der Waals surface area contributed by atoms with E-state index in [1.54, 1.807) is 18.3 Å². The molecule has 0 aliphatic heterocycles. The molecule has 0 spiro atoms. The van der Waals surface area contributed by atoms with Crippen molar-refractivity contribution in [3.63, 3.8) is 0 Å². The van der Waals surface area contributed by atoms with Gasteiger partial charge in [-0.05, 0) is 49.2 Å². The van der Waals surface area contributed by atoms with Gasteiger partial charge in [0, 0.05) is 11.9 Å². The van der Waals surface area contributed by atoms with E-state index in [4.69, 9.17) is 4.42 Å². The zero-order valence-electron chi connectivity index (χ0n) is 12.3. The number of carbonyl (C=O) groups excluding carboxylic acids is 1. The molecule has 1 N–H and O–H groups in total. The zero-order valence-corrected chi connectivity index (χ0v) is 12.3. The van der Waals surface area contributed by atoms with Crippen molar-refractivity contribution < 1.29 is 9.21 Å². The Morgan fingerprint density at radius 1 is 1.27 bits per heavy atom. The van der Waals surface area contributed by atoms with Crippen LogP contribution in [0.4, 0.5) is 5.69 Å². The van der Waals surface area contributed by atoms with Crippen molar-refractivity contribution in [1.29, 1.82) is 0 Å². The monoisotopic (exact) mass is 297 g/mol. The van der Waals surface area contributed by atoms with E-state index < -0.39 is 5.76 Å². The molecule has 6 nitrogen and oxygen atoms in total. The summed E-state index contributed by atoms with van der Waals surface area (Å²) in [5, 5.41) is 2.79. The van der Waals surface area contributed by atoms with Gasteiger partial charge in [0.15, 0.2) is 11.2 Å². The van der Waals surface area contributed by atoms with Crippen molar-refractivity contribution in [1.82, 2.24) is 9.55 Å². The lowest BCUT2D eigenvalue weighted by molar-refractivity contribution is -0.116. The number of benzene rings is 1. The summed E-state index contributed by atoms with van der Waals surface area (Å²) in [5.74, 6) is -0.898. The van der Waals surface area contributed by atoms with Crippen molar-refractivity contribution >= 4 is 22.8 Å². The smallest absolute Gasteiger partial charge is 0.406 e. The van der Waals surface area contributed by atoms with Crippen LogP contribution >= 0.6 is 0 Å². The van der Waals surface area contributed by atoms with Gasteiger partial charge in [0.2, 0.25) is 5.91 Å². The largest absolute Gasteiger partial charge is 0.421 e. The van der Waals surface area contributed by atoms with Crippen LogP contribution in [0.2, 0.25) is 0 Å². The third kappa shape index (κ3) is 2.76. The van der Waals surface area contributed by atoms with Crippen molar-refractivity contribution in [2.75, 3.05) is 5.32 Å². The zero-order chi connectivity index (χ0) is 15.7. The fraction of sp³-hybridized carbons (Fsp3) is 0.188. The Labute approximate surface area is 126 Å². The quantitative estimate of drug-likeness (QED) is 0.804. The lowest BCUT2D eigenvalue weighted by atomic mass is 10.1. The van der Waals surface area contributed by atoms with Gasteiger partial charge in [0.1, 0.15) is 6.54 Å². The highest BCUT2D eigenvalue weighted by Gasteiger charge is 2.13. The molecule has 2 aromatic heterocycles. The van der Waals surface area contributed by atoms with E-state index in [2.05, 4.69) is 10.3 Å². The maximum absolute atomic E-state index is 12.2. The normalized spacial score (nSPS) is 10.8. The Morgan fingerprint density at radius 2 is 2.00 bits per heavy atom. The van der Waals surface area contributed by atoms with Crippen LogP contribution in [-0.4, -0.2) is 15.5 Å². The summed E-state index contributed by atoms with van der Waals surface area (Å²) in [4.78, 5) is 28.0. The van der Waals surface area contributed by atoms with Crippen molar-refractivity contribution in [3.05, 3.63) is 58.2 Å². The van der Waals surface area contributed by atoms with E-state index in [9.17, 15) is 9.59 Å². The highest BCUT2D eigenvalue weighted by molar-refractivity contribution is 5.91. The highest BCUT2D eigenvalue weighted by atomic mass is 16.4. The number of aromatic nitrogens is 2. The van der Waals surface area contributed by atoms with Crippen LogP contribution in [0.25, 0.3) is 11.2 Å². The van der Waals surface area contributed by atoms with Crippen molar-refractivity contribution in [2.45, 2.75) is 20.4 Å². The summed E-state index contributed by atoms with van der Waals surface area (Å²) in [6, 6.07) is 9.08. The average Bonchev–Trinajstić information content (AvgIpc) is 2.74. The maximum atomic E-state index is 12.2. The lowest BCUT2D eigenvalue weighted by Crippen LogP contribution is -2.25. The lowest BCUT2D eigenvalue weighted by Gasteiger charge is -2.07. The molecule has 0 radical (unpaired) electrons. The van der Waals surface area contributed by atoms with Gasteiger partial charge in [0.05, 0.1) is 0 Å². The van der Waals surface area contributed by atoms with Crippen LogP contribution in [-0.2, 0) is 11.3 Å². The molecule has 22 heavy (non-hydrogen) atoms. The number of amides is 1. The van der Waals surface area contributed by atoms with Gasteiger partial charge in [-0.3, -0.25) is 4.79 Å². The van der Waals surface area contributed by atoms with Crippen molar-refractivity contribution in [3.8, 4) is 0 Å². The number of oxazole rings is 1. The molecule has 0 saturated carbocycles. The third-order valence-electron chi connectivity index (χ3n) is 3.23. The Balaban J connectivity index is 1.84. The van der Waals surface area contributed by atoms with E-state index in [1.807, 2.05) is 32.0 Å². The first-order valence-corrected chi connectivity index (χ1v) is 6.85. The molecule has 0 bridgehead atoms. The minimum atomic E-state index is -0.593. The Kier molecular flexibility index (Phi) is 3.50. The Hall–Kier alpha value is -2.89. The predicted molar refractivity (Wildman–Crippen MR) is 82.8 cm³/mol. The van der Waals surface area contributed by atoms with Gasteiger partial charge in [0.25, 0.3) is 0 Å². The Morgan fingerprint density at radius 3 is 2.73 bits per heavy atom. The first-order chi connectivity index (χ1) is 10.5. The molecule has 0 unspecified atom stereocenters. The van der Waals surface area contributed by atoms with E-state index >= 15 is 0 Å². The first-order valence-electron chi connectivity index (χ1n) is 6.85. The third-order valence-corrected chi connectivity index (χ3v) is 3.23. The molecule has 0 aliphatic carbocycles. The molecule has 6 heteroatoms. The van der Waals surface area contributed by atoms with Crippen molar-refractivity contribution in [2.24, 2.45) is 0 Å². The van der Waals surface area contributed by atoms with Crippen LogP contribution < -0.4 is 11.1 Å². The summed E-state index contributed by atoms with van der Waals surface area (Å²) in [6.45, 7) is 3.77. The summed E-state index contributed by atoms with van der Waals surface area (Å²) < 4.78 is 6.27. The van der Waals surface area contributed by atoms with Crippen LogP contribution in [0.3, 0.4) is 0 Å². The van der Waals surface area contributed by atoms with Crippen LogP contribution in [0.1, 0.15) is 11.1 Å². The molecule has 2 heterocycles. The molecule has 0 atom stereocenters. The second-order valence-corrected chi connectivity index (χ2v) is 5.20. The number of anilines is 1. The van der Waals surface area contributed by atoms with Gasteiger partial charge in [-0.1, -0.05) is 6.07 Å². The number of hydrogen-bond acceptors (Lipinski definition) is 4. The standard InChI is InChI=1S/C16H15N3O3/c1-10-6-11(2)8-12(7-10)18-14(20)9-19-15-13(22-16(19)21)4-3-5-17-15/h3-8H,9H2,1-2H3,(H,18,20). The molecule has 0 aliphatic rings. The number of nitrogens with zero attached hydrogens (tertiary/aromatic N) is 2. The number of pyridine rings is 1. The molecular formula is C16H15N3O3. The molecule has 1 amide bonds. The number of nitrogens with one attached hydrogen (secondary N) is 1. The van der Waals surface area contributed by atoms with E-state index in [0.717, 1.165) is 11.1 Å². The second kappa shape index (κ2) is 5.48. The average molecular weight is 297 g/mol. The van der Waals surface area contributed by atoms with E-state index in [-0.39, 0.29) is 12.5 Å². The molecule has 0 saturated heterocycles. The number of aryl methyl sites for hydroxylation is 2. The maximum Gasteiger partial charge on any atom is 0.421 e. The number of fused-ring (bicyclic) bond motifs is 1. The summed E-state index contributed by atoms with van der Waals surface area (Å²) in [7, 11) is 0. The topological polar surface area (TPSA) is 77.1 Å². The van der Waals surface area contributed by atoms with Gasteiger partial charge < -0.3 is 9.73 Å². The summed E-state index contributed by atoms with van der Waals surface area (Å²) in [6.07, 6.45) is 1.55. The number of rotatable bonds is 3. The molecule has 0 fully saturated rings. The SMILES string of the molecule is Cc1cc(C)cc(NC(=O)Cn2c(=O)oc3cccnc32)c1. The molecule has 3 aromatic rings. The molecule has 3 rings (SSSR count). The number of hydrogen-bond donors (Lipinski definition) is 1. The fourth-order valence-corrected chi connectivity index (χ4v) is 2.43. The predicted octanol–water partition coefficient (Wildman–Crippen LogP) is 2.25. The van der Waals surface area contributed by atoms with E-state index in [1.165, 1.54) is 4.57 Å². The van der Waals surface area contributed by atoms with Gasteiger partial charge in [-0.25, -0.2) is 14.3 Å². The minimum absolute atomic E-state index is 0.143. The van der Waals surface area contributed by atoms with Gasteiger partial charge in [-0.15, -0.1) is 0 Å². The fourth-order valence-electron chi connectivity index (χ4n) is 2.43. The van der Waals surface area contributed by atoms with Gasteiger partial charge >= 0.3 is 5.76 Å².